The summed E-state index contributed by atoms with van der Waals surface area (Å²) in [6.45, 7) is 1.92. The van der Waals surface area contributed by atoms with E-state index in [4.69, 9.17) is 14.2 Å². The van der Waals surface area contributed by atoms with E-state index >= 15 is 0 Å². The Labute approximate surface area is 124 Å². The van der Waals surface area contributed by atoms with Crippen molar-refractivity contribution in [2.45, 2.75) is 6.92 Å². The SMILES string of the molecule is CNc1cc(C)nc(-c2ccc(OC)c(OC)c2OC)n1. The van der Waals surface area contributed by atoms with E-state index in [9.17, 15) is 0 Å². The van der Waals surface area contributed by atoms with Gasteiger partial charge in [-0.3, -0.25) is 0 Å². The van der Waals surface area contributed by atoms with Crippen LogP contribution >= 0.6 is 0 Å². The Kier molecular flexibility index (Phi) is 4.47. The molecule has 112 valence electrons. The van der Waals surface area contributed by atoms with Gasteiger partial charge in [-0.25, -0.2) is 9.97 Å². The van der Waals surface area contributed by atoms with Crippen LogP contribution in [0.15, 0.2) is 18.2 Å². The molecule has 0 radical (unpaired) electrons. The van der Waals surface area contributed by atoms with Crippen LogP contribution in [0.5, 0.6) is 17.2 Å². The van der Waals surface area contributed by atoms with E-state index in [-0.39, 0.29) is 0 Å². The standard InChI is InChI=1S/C15H19N3O3/c1-9-8-12(16-2)18-15(17-9)10-6-7-11(19-3)14(21-5)13(10)20-4/h6-8H,1-5H3,(H,16,17,18). The molecule has 6 heteroatoms. The van der Waals surface area contributed by atoms with E-state index in [1.807, 2.05) is 26.1 Å². The molecule has 1 N–H and O–H groups in total. The summed E-state index contributed by atoms with van der Waals surface area (Å²) in [7, 11) is 6.55. The van der Waals surface area contributed by atoms with Crippen molar-refractivity contribution in [1.82, 2.24) is 9.97 Å². The molecule has 0 spiro atoms. The van der Waals surface area contributed by atoms with Crippen LogP contribution in [0, 0.1) is 6.92 Å². The average Bonchev–Trinajstić information content (AvgIpc) is 2.52. The Balaban J connectivity index is 2.66. The maximum Gasteiger partial charge on any atom is 0.204 e. The van der Waals surface area contributed by atoms with Crippen LogP contribution in [0.2, 0.25) is 0 Å². The molecule has 0 bridgehead atoms. The van der Waals surface area contributed by atoms with Gasteiger partial charge in [0.05, 0.1) is 26.9 Å². The lowest BCUT2D eigenvalue weighted by Crippen LogP contribution is -2.01. The molecule has 6 nitrogen and oxygen atoms in total. The van der Waals surface area contributed by atoms with Crippen LogP contribution < -0.4 is 19.5 Å². The van der Waals surface area contributed by atoms with Gasteiger partial charge in [0.25, 0.3) is 0 Å². The molecule has 0 atom stereocenters. The molecule has 1 aromatic heterocycles. The normalized spacial score (nSPS) is 10.1. The number of aryl methyl sites for hydroxylation is 1. The van der Waals surface area contributed by atoms with Crippen molar-refractivity contribution in [3.8, 4) is 28.6 Å². The lowest BCUT2D eigenvalue weighted by molar-refractivity contribution is 0.325. The first-order valence-electron chi connectivity index (χ1n) is 6.47. The van der Waals surface area contributed by atoms with Crippen molar-refractivity contribution in [1.29, 1.82) is 0 Å². The molecule has 0 unspecified atom stereocenters. The molecular weight excluding hydrogens is 270 g/mol. The number of ether oxygens (including phenoxy) is 3. The van der Waals surface area contributed by atoms with Gasteiger partial charge >= 0.3 is 0 Å². The largest absolute Gasteiger partial charge is 0.493 e. The number of aromatic nitrogens is 2. The fourth-order valence-corrected chi connectivity index (χ4v) is 2.09. The van der Waals surface area contributed by atoms with Crippen LogP contribution in [0.3, 0.4) is 0 Å². The molecule has 0 saturated carbocycles. The van der Waals surface area contributed by atoms with Crippen LogP contribution in [-0.2, 0) is 0 Å². The number of nitrogens with one attached hydrogen (secondary N) is 1. The molecule has 0 aliphatic rings. The quantitative estimate of drug-likeness (QED) is 0.912. The zero-order chi connectivity index (χ0) is 15.4. The monoisotopic (exact) mass is 289 g/mol. The molecule has 0 aliphatic carbocycles. The zero-order valence-electron chi connectivity index (χ0n) is 12.9. The van der Waals surface area contributed by atoms with Crippen LogP contribution in [0.1, 0.15) is 5.69 Å². The Hall–Kier alpha value is -2.50. The molecular formula is C15H19N3O3. The molecule has 0 aliphatic heterocycles. The maximum atomic E-state index is 5.47. The van der Waals surface area contributed by atoms with Gasteiger partial charge in [0.2, 0.25) is 5.75 Å². The first kappa shape index (κ1) is 14.9. The first-order chi connectivity index (χ1) is 10.1. The second kappa shape index (κ2) is 6.30. The highest BCUT2D eigenvalue weighted by Crippen LogP contribution is 2.43. The van der Waals surface area contributed by atoms with Crippen molar-refractivity contribution in [3.63, 3.8) is 0 Å². The number of methoxy groups -OCH3 is 3. The smallest absolute Gasteiger partial charge is 0.204 e. The Morgan fingerprint density at radius 3 is 2.24 bits per heavy atom. The van der Waals surface area contributed by atoms with Crippen LogP contribution in [-0.4, -0.2) is 38.3 Å². The van der Waals surface area contributed by atoms with E-state index < -0.39 is 0 Å². The fourth-order valence-electron chi connectivity index (χ4n) is 2.09. The summed E-state index contributed by atoms with van der Waals surface area (Å²) >= 11 is 0. The second-order valence-corrected chi connectivity index (χ2v) is 4.35. The third kappa shape index (κ3) is 2.84. The predicted octanol–water partition coefficient (Wildman–Crippen LogP) is 2.52. The van der Waals surface area contributed by atoms with Crippen LogP contribution in [0.4, 0.5) is 5.82 Å². The highest BCUT2D eigenvalue weighted by molar-refractivity contribution is 5.73. The van der Waals surface area contributed by atoms with E-state index in [1.165, 1.54) is 0 Å². The summed E-state index contributed by atoms with van der Waals surface area (Å²) in [5, 5.41) is 3.02. The van der Waals surface area contributed by atoms with Gasteiger partial charge < -0.3 is 19.5 Å². The molecule has 1 aromatic carbocycles. The number of hydrogen-bond acceptors (Lipinski definition) is 6. The minimum absolute atomic E-state index is 0.522. The summed E-state index contributed by atoms with van der Waals surface area (Å²) in [6, 6.07) is 5.53. The van der Waals surface area contributed by atoms with Gasteiger partial charge in [0, 0.05) is 18.8 Å². The second-order valence-electron chi connectivity index (χ2n) is 4.35. The number of nitrogens with zero attached hydrogens (tertiary/aromatic N) is 2. The highest BCUT2D eigenvalue weighted by atomic mass is 16.5. The molecule has 0 fully saturated rings. The van der Waals surface area contributed by atoms with E-state index in [1.54, 1.807) is 27.4 Å². The van der Waals surface area contributed by atoms with Gasteiger partial charge in [-0.15, -0.1) is 0 Å². The number of anilines is 1. The van der Waals surface area contributed by atoms with Crippen molar-refractivity contribution in [2.75, 3.05) is 33.7 Å². The summed E-state index contributed by atoms with van der Waals surface area (Å²) in [4.78, 5) is 8.93. The number of benzene rings is 1. The van der Waals surface area contributed by atoms with E-state index in [0.29, 0.717) is 23.1 Å². The average molecular weight is 289 g/mol. The summed E-state index contributed by atoms with van der Waals surface area (Å²) in [5.74, 6) is 2.98. The zero-order valence-corrected chi connectivity index (χ0v) is 12.9. The van der Waals surface area contributed by atoms with Gasteiger partial charge in [0.1, 0.15) is 5.82 Å². The van der Waals surface area contributed by atoms with Gasteiger partial charge in [0.15, 0.2) is 17.3 Å². The fraction of sp³-hybridized carbons (Fsp3) is 0.333. The highest BCUT2D eigenvalue weighted by Gasteiger charge is 2.19. The Morgan fingerprint density at radius 1 is 0.952 bits per heavy atom. The summed E-state index contributed by atoms with van der Waals surface area (Å²) in [5.41, 5.74) is 1.61. The van der Waals surface area contributed by atoms with Gasteiger partial charge in [-0.2, -0.15) is 0 Å². The van der Waals surface area contributed by atoms with Crippen molar-refractivity contribution in [3.05, 3.63) is 23.9 Å². The molecule has 0 amide bonds. The van der Waals surface area contributed by atoms with E-state index in [0.717, 1.165) is 17.1 Å². The summed E-state index contributed by atoms with van der Waals surface area (Å²) in [6.07, 6.45) is 0. The molecule has 2 aromatic rings. The molecule has 0 saturated heterocycles. The van der Waals surface area contributed by atoms with Gasteiger partial charge in [-0.1, -0.05) is 0 Å². The Bertz CT molecular complexity index is 644. The predicted molar refractivity (Wildman–Crippen MR) is 81.4 cm³/mol. The molecule has 1 heterocycles. The number of hydrogen-bond donors (Lipinski definition) is 1. The molecule has 2 rings (SSSR count). The van der Waals surface area contributed by atoms with E-state index in [2.05, 4.69) is 15.3 Å². The summed E-state index contributed by atoms with van der Waals surface area (Å²) < 4.78 is 16.1. The third-order valence-electron chi connectivity index (χ3n) is 3.06. The van der Waals surface area contributed by atoms with Gasteiger partial charge in [-0.05, 0) is 19.1 Å². The van der Waals surface area contributed by atoms with Crippen molar-refractivity contribution < 1.29 is 14.2 Å². The topological polar surface area (TPSA) is 65.5 Å². The third-order valence-corrected chi connectivity index (χ3v) is 3.06. The first-order valence-corrected chi connectivity index (χ1v) is 6.47. The number of rotatable bonds is 5. The molecule has 21 heavy (non-hydrogen) atoms. The lowest BCUT2D eigenvalue weighted by Gasteiger charge is -2.15. The maximum absolute atomic E-state index is 5.47. The van der Waals surface area contributed by atoms with Crippen molar-refractivity contribution >= 4 is 5.82 Å². The Morgan fingerprint density at radius 2 is 1.67 bits per heavy atom. The minimum Gasteiger partial charge on any atom is -0.493 e. The van der Waals surface area contributed by atoms with Crippen LogP contribution in [0.25, 0.3) is 11.4 Å². The van der Waals surface area contributed by atoms with Crippen molar-refractivity contribution in [2.24, 2.45) is 0 Å². The minimum atomic E-state index is 0.522. The lowest BCUT2D eigenvalue weighted by atomic mass is 10.1.